The summed E-state index contributed by atoms with van der Waals surface area (Å²) in [4.78, 5) is 3.91. The van der Waals surface area contributed by atoms with Crippen molar-refractivity contribution in [3.63, 3.8) is 0 Å². The van der Waals surface area contributed by atoms with Crippen molar-refractivity contribution in [3.8, 4) is 0 Å². The largest absolute Gasteiger partial charge is 0.383 e. The van der Waals surface area contributed by atoms with E-state index in [1.807, 2.05) is 11.3 Å². The van der Waals surface area contributed by atoms with Crippen molar-refractivity contribution in [1.29, 1.82) is 0 Å². The minimum Gasteiger partial charge on any atom is -0.383 e. The van der Waals surface area contributed by atoms with Crippen molar-refractivity contribution in [2.75, 3.05) is 39.9 Å². The van der Waals surface area contributed by atoms with Gasteiger partial charge in [0.1, 0.15) is 0 Å². The predicted octanol–water partition coefficient (Wildman–Crippen LogP) is 2.24. The van der Waals surface area contributed by atoms with Crippen LogP contribution >= 0.6 is 11.3 Å². The predicted molar refractivity (Wildman–Crippen MR) is 79.5 cm³/mol. The van der Waals surface area contributed by atoms with E-state index in [9.17, 15) is 0 Å². The Morgan fingerprint density at radius 1 is 1.44 bits per heavy atom. The SMILES string of the molecule is CCN(CCNCCc1cccs1)C(C)COC. The molecular formula is C14H26N2OS. The molecule has 0 saturated heterocycles. The molecule has 1 N–H and O–H groups in total. The van der Waals surface area contributed by atoms with Crippen LogP contribution in [0.3, 0.4) is 0 Å². The van der Waals surface area contributed by atoms with Gasteiger partial charge in [-0.2, -0.15) is 0 Å². The Labute approximate surface area is 115 Å². The summed E-state index contributed by atoms with van der Waals surface area (Å²) >= 11 is 1.84. The number of nitrogens with one attached hydrogen (secondary N) is 1. The molecule has 0 aromatic carbocycles. The highest BCUT2D eigenvalue weighted by atomic mass is 32.1. The number of nitrogens with zero attached hydrogens (tertiary/aromatic N) is 1. The Bertz CT molecular complexity index is 290. The van der Waals surface area contributed by atoms with Crippen LogP contribution in [0.25, 0.3) is 0 Å². The van der Waals surface area contributed by atoms with Gasteiger partial charge in [-0.3, -0.25) is 4.90 Å². The van der Waals surface area contributed by atoms with Gasteiger partial charge in [-0.1, -0.05) is 13.0 Å². The molecule has 0 aliphatic rings. The molecule has 1 heterocycles. The molecule has 1 aromatic rings. The van der Waals surface area contributed by atoms with Gasteiger partial charge in [-0.05, 0) is 31.3 Å². The second kappa shape index (κ2) is 9.50. The fourth-order valence-corrected chi connectivity index (χ4v) is 2.76. The molecule has 0 aliphatic heterocycles. The number of hydrogen-bond acceptors (Lipinski definition) is 4. The van der Waals surface area contributed by atoms with E-state index in [-0.39, 0.29) is 0 Å². The summed E-state index contributed by atoms with van der Waals surface area (Å²) in [7, 11) is 1.77. The van der Waals surface area contributed by atoms with Crippen LogP contribution in [0.4, 0.5) is 0 Å². The molecule has 0 fully saturated rings. The second-order valence-corrected chi connectivity index (χ2v) is 5.54. The second-order valence-electron chi connectivity index (χ2n) is 4.51. The lowest BCUT2D eigenvalue weighted by Gasteiger charge is -2.27. The van der Waals surface area contributed by atoms with Gasteiger partial charge in [-0.15, -0.1) is 11.3 Å². The van der Waals surface area contributed by atoms with E-state index in [0.29, 0.717) is 6.04 Å². The fourth-order valence-electron chi connectivity index (χ4n) is 2.05. The first-order valence-electron chi connectivity index (χ1n) is 6.74. The topological polar surface area (TPSA) is 24.5 Å². The highest BCUT2D eigenvalue weighted by Crippen LogP contribution is 2.07. The number of hydrogen-bond donors (Lipinski definition) is 1. The summed E-state index contributed by atoms with van der Waals surface area (Å²) in [5.74, 6) is 0. The molecular weight excluding hydrogens is 244 g/mol. The summed E-state index contributed by atoms with van der Waals surface area (Å²) in [6.07, 6.45) is 1.14. The summed E-state index contributed by atoms with van der Waals surface area (Å²) in [5.41, 5.74) is 0. The summed E-state index contributed by atoms with van der Waals surface area (Å²) < 4.78 is 5.20. The van der Waals surface area contributed by atoms with E-state index in [4.69, 9.17) is 4.74 Å². The highest BCUT2D eigenvalue weighted by molar-refractivity contribution is 7.09. The van der Waals surface area contributed by atoms with Crippen LogP contribution in [0.2, 0.25) is 0 Å². The normalized spacial score (nSPS) is 13.1. The van der Waals surface area contributed by atoms with Gasteiger partial charge in [0.2, 0.25) is 0 Å². The molecule has 0 saturated carbocycles. The first-order chi connectivity index (χ1) is 8.77. The van der Waals surface area contributed by atoms with Crippen LogP contribution in [0.15, 0.2) is 17.5 Å². The number of methoxy groups -OCH3 is 1. The van der Waals surface area contributed by atoms with E-state index in [1.54, 1.807) is 7.11 Å². The van der Waals surface area contributed by atoms with Gasteiger partial charge in [0.05, 0.1) is 6.61 Å². The molecule has 104 valence electrons. The summed E-state index contributed by atoms with van der Waals surface area (Å²) in [6, 6.07) is 4.82. The molecule has 0 radical (unpaired) electrons. The smallest absolute Gasteiger partial charge is 0.0615 e. The standard InChI is InChI=1S/C14H26N2OS/c1-4-16(13(2)12-17-3)10-9-15-8-7-14-6-5-11-18-14/h5-6,11,13,15H,4,7-10,12H2,1-3H3. The lowest BCUT2D eigenvalue weighted by Crippen LogP contribution is -2.40. The monoisotopic (exact) mass is 270 g/mol. The van der Waals surface area contributed by atoms with Gasteiger partial charge in [-0.25, -0.2) is 0 Å². The van der Waals surface area contributed by atoms with Crippen LogP contribution < -0.4 is 5.32 Å². The van der Waals surface area contributed by atoms with Crippen molar-refractivity contribution < 1.29 is 4.74 Å². The maximum absolute atomic E-state index is 5.20. The van der Waals surface area contributed by atoms with Crippen molar-refractivity contribution in [2.24, 2.45) is 0 Å². The molecule has 0 aliphatic carbocycles. The molecule has 3 nitrogen and oxygen atoms in total. The van der Waals surface area contributed by atoms with Gasteiger partial charge in [0.15, 0.2) is 0 Å². The average Bonchev–Trinajstić information content (AvgIpc) is 2.87. The van der Waals surface area contributed by atoms with Crippen molar-refractivity contribution in [2.45, 2.75) is 26.3 Å². The lowest BCUT2D eigenvalue weighted by atomic mass is 10.3. The van der Waals surface area contributed by atoms with Crippen LogP contribution in [0.5, 0.6) is 0 Å². The van der Waals surface area contributed by atoms with Crippen LogP contribution in [-0.2, 0) is 11.2 Å². The number of ether oxygens (including phenoxy) is 1. The van der Waals surface area contributed by atoms with Gasteiger partial charge >= 0.3 is 0 Å². The zero-order valence-corrected chi connectivity index (χ0v) is 12.6. The molecule has 4 heteroatoms. The minimum absolute atomic E-state index is 0.499. The third-order valence-electron chi connectivity index (χ3n) is 3.14. The third kappa shape index (κ3) is 5.96. The van der Waals surface area contributed by atoms with E-state index < -0.39 is 0 Å². The maximum atomic E-state index is 5.20. The molecule has 0 spiro atoms. The maximum Gasteiger partial charge on any atom is 0.0615 e. The van der Waals surface area contributed by atoms with Crippen LogP contribution in [-0.4, -0.2) is 50.8 Å². The zero-order valence-electron chi connectivity index (χ0n) is 11.8. The van der Waals surface area contributed by atoms with Gasteiger partial charge < -0.3 is 10.1 Å². The fraction of sp³-hybridized carbons (Fsp3) is 0.714. The Morgan fingerprint density at radius 3 is 2.89 bits per heavy atom. The Kier molecular flexibility index (Phi) is 8.25. The average molecular weight is 270 g/mol. The van der Waals surface area contributed by atoms with Crippen molar-refractivity contribution in [3.05, 3.63) is 22.4 Å². The Morgan fingerprint density at radius 2 is 2.28 bits per heavy atom. The molecule has 1 rings (SSSR count). The highest BCUT2D eigenvalue weighted by Gasteiger charge is 2.10. The molecule has 0 bridgehead atoms. The van der Waals surface area contributed by atoms with E-state index in [0.717, 1.165) is 39.2 Å². The lowest BCUT2D eigenvalue weighted by molar-refractivity contribution is 0.103. The number of thiophene rings is 1. The molecule has 0 amide bonds. The van der Waals surface area contributed by atoms with Gasteiger partial charge in [0, 0.05) is 37.7 Å². The minimum atomic E-state index is 0.499. The Balaban J connectivity index is 2.08. The Hall–Kier alpha value is -0.420. The molecule has 1 atom stereocenters. The summed E-state index contributed by atoms with van der Waals surface area (Å²) in [6.45, 7) is 9.52. The molecule has 1 unspecified atom stereocenters. The molecule has 18 heavy (non-hydrogen) atoms. The first-order valence-corrected chi connectivity index (χ1v) is 7.62. The third-order valence-corrected chi connectivity index (χ3v) is 4.08. The number of likely N-dealkylation sites (N-methyl/N-ethyl adjacent to an activating group) is 1. The zero-order chi connectivity index (χ0) is 13.2. The van der Waals surface area contributed by atoms with Crippen molar-refractivity contribution in [1.82, 2.24) is 10.2 Å². The van der Waals surface area contributed by atoms with Crippen LogP contribution in [0, 0.1) is 0 Å². The van der Waals surface area contributed by atoms with Crippen LogP contribution in [0.1, 0.15) is 18.7 Å². The van der Waals surface area contributed by atoms with E-state index >= 15 is 0 Å². The first kappa shape index (κ1) is 15.6. The summed E-state index contributed by atoms with van der Waals surface area (Å²) in [5, 5.41) is 5.65. The van der Waals surface area contributed by atoms with E-state index in [1.165, 1.54) is 4.88 Å². The van der Waals surface area contributed by atoms with Crippen molar-refractivity contribution >= 4 is 11.3 Å². The molecule has 1 aromatic heterocycles. The van der Waals surface area contributed by atoms with Gasteiger partial charge in [0.25, 0.3) is 0 Å². The number of rotatable bonds is 10. The quantitative estimate of drug-likeness (QED) is 0.660. The van der Waals surface area contributed by atoms with E-state index in [2.05, 4.69) is 41.6 Å².